The van der Waals surface area contributed by atoms with Crippen LogP contribution in [0.2, 0.25) is 0 Å². The second kappa shape index (κ2) is 9.14. The van der Waals surface area contributed by atoms with Gasteiger partial charge in [0.2, 0.25) is 0 Å². The zero-order chi connectivity index (χ0) is 16.7. The number of rotatable bonds is 5. The van der Waals surface area contributed by atoms with E-state index in [-0.39, 0.29) is 10.8 Å². The summed E-state index contributed by atoms with van der Waals surface area (Å²) in [5, 5.41) is 3.08. The van der Waals surface area contributed by atoms with Crippen LogP contribution < -0.4 is 5.32 Å². The zero-order valence-electron chi connectivity index (χ0n) is 15.0. The molecule has 5 nitrogen and oxygen atoms in total. The second-order valence-corrected chi connectivity index (χ2v) is 9.48. The first kappa shape index (κ1) is 18.9. The fourth-order valence-corrected chi connectivity index (χ4v) is 3.99. The summed E-state index contributed by atoms with van der Waals surface area (Å²) >= 11 is 1.89. The van der Waals surface area contributed by atoms with E-state index in [1.807, 2.05) is 16.7 Å². The monoisotopic (exact) mass is 343 g/mol. The van der Waals surface area contributed by atoms with E-state index in [1.54, 1.807) is 0 Å². The molecule has 1 atom stereocenters. The van der Waals surface area contributed by atoms with Crippen LogP contribution in [0, 0.1) is 5.92 Å². The van der Waals surface area contributed by atoms with E-state index < -0.39 is 0 Å². The summed E-state index contributed by atoms with van der Waals surface area (Å²) in [7, 11) is 0. The summed E-state index contributed by atoms with van der Waals surface area (Å²) in [6.45, 7) is 14.1. The Bertz CT molecular complexity index is 367. The number of likely N-dealkylation sites (tertiary alicyclic amines) is 1. The van der Waals surface area contributed by atoms with E-state index in [0.717, 1.165) is 64.7 Å². The molecule has 0 unspecified atom stereocenters. The highest BCUT2D eigenvalue weighted by Crippen LogP contribution is 2.22. The maximum atomic E-state index is 12.3. The third-order valence-electron chi connectivity index (χ3n) is 4.34. The van der Waals surface area contributed by atoms with E-state index in [0.29, 0.717) is 5.92 Å². The Kier molecular flexibility index (Phi) is 7.50. The van der Waals surface area contributed by atoms with Gasteiger partial charge < -0.3 is 15.0 Å². The molecule has 6 heteroatoms. The molecular weight excluding hydrogens is 310 g/mol. The van der Waals surface area contributed by atoms with E-state index in [4.69, 9.17) is 4.74 Å². The van der Waals surface area contributed by atoms with Crippen molar-refractivity contribution in [3.63, 3.8) is 0 Å². The molecule has 23 heavy (non-hydrogen) atoms. The molecular formula is C17H33N3O2S. The van der Waals surface area contributed by atoms with E-state index in [2.05, 4.69) is 31.0 Å². The van der Waals surface area contributed by atoms with Crippen molar-refractivity contribution in [2.75, 3.05) is 58.2 Å². The Labute approximate surface area is 145 Å². The van der Waals surface area contributed by atoms with Crippen molar-refractivity contribution >= 4 is 17.8 Å². The lowest BCUT2D eigenvalue weighted by Crippen LogP contribution is -2.49. The number of carbonyl (C=O) groups excluding carboxylic acids is 1. The van der Waals surface area contributed by atoms with Crippen LogP contribution in [0.5, 0.6) is 0 Å². The predicted molar refractivity (Wildman–Crippen MR) is 97.2 cm³/mol. The average molecular weight is 344 g/mol. The predicted octanol–water partition coefficient (Wildman–Crippen LogP) is 2.27. The molecule has 2 aliphatic heterocycles. The molecule has 0 radical (unpaired) electrons. The molecule has 2 amide bonds. The summed E-state index contributed by atoms with van der Waals surface area (Å²) in [5.74, 6) is 1.58. The Morgan fingerprint density at radius 3 is 2.70 bits per heavy atom. The first-order valence-corrected chi connectivity index (χ1v) is 9.89. The molecule has 0 aromatic heterocycles. The summed E-state index contributed by atoms with van der Waals surface area (Å²) in [5.41, 5.74) is 0. The van der Waals surface area contributed by atoms with Crippen LogP contribution in [-0.2, 0) is 4.74 Å². The average Bonchev–Trinajstić information content (AvgIpc) is 2.52. The molecule has 2 aliphatic rings. The summed E-state index contributed by atoms with van der Waals surface area (Å²) in [4.78, 5) is 16.8. The van der Waals surface area contributed by atoms with Crippen molar-refractivity contribution in [3.8, 4) is 0 Å². The molecule has 0 aliphatic carbocycles. The van der Waals surface area contributed by atoms with Crippen LogP contribution in [0.15, 0.2) is 0 Å². The van der Waals surface area contributed by atoms with E-state index >= 15 is 0 Å². The van der Waals surface area contributed by atoms with Crippen LogP contribution in [0.25, 0.3) is 0 Å². The number of hydrogen-bond donors (Lipinski definition) is 1. The van der Waals surface area contributed by atoms with E-state index in [1.165, 1.54) is 6.42 Å². The van der Waals surface area contributed by atoms with Crippen LogP contribution >= 0.6 is 11.8 Å². The van der Waals surface area contributed by atoms with Gasteiger partial charge in [-0.15, -0.1) is 0 Å². The van der Waals surface area contributed by atoms with Crippen molar-refractivity contribution in [2.45, 2.75) is 38.4 Å². The van der Waals surface area contributed by atoms with Crippen molar-refractivity contribution in [1.29, 1.82) is 0 Å². The van der Waals surface area contributed by atoms with Crippen LogP contribution in [0.1, 0.15) is 33.6 Å². The van der Waals surface area contributed by atoms with Gasteiger partial charge in [0.15, 0.2) is 0 Å². The number of thioether (sulfide) groups is 1. The maximum Gasteiger partial charge on any atom is 0.317 e. The summed E-state index contributed by atoms with van der Waals surface area (Å²) < 4.78 is 5.67. The van der Waals surface area contributed by atoms with E-state index in [9.17, 15) is 4.79 Å². The summed E-state index contributed by atoms with van der Waals surface area (Å²) in [6.07, 6.45) is 2.36. The van der Waals surface area contributed by atoms with Gasteiger partial charge in [-0.05, 0) is 18.8 Å². The third-order valence-corrected chi connectivity index (χ3v) is 5.61. The first-order valence-electron chi connectivity index (χ1n) is 8.91. The minimum Gasteiger partial charge on any atom is -0.379 e. The fourth-order valence-electron chi connectivity index (χ4n) is 3.17. The smallest absolute Gasteiger partial charge is 0.317 e. The van der Waals surface area contributed by atoms with Gasteiger partial charge in [0.25, 0.3) is 0 Å². The highest BCUT2D eigenvalue weighted by atomic mass is 32.2. The van der Waals surface area contributed by atoms with Gasteiger partial charge >= 0.3 is 6.03 Å². The van der Waals surface area contributed by atoms with Crippen molar-refractivity contribution in [3.05, 3.63) is 0 Å². The summed E-state index contributed by atoms with van der Waals surface area (Å²) in [6, 6.07) is 0.117. The molecule has 2 saturated heterocycles. The molecule has 134 valence electrons. The molecule has 2 rings (SSSR count). The fraction of sp³-hybridized carbons (Fsp3) is 0.941. The number of urea groups is 1. The Morgan fingerprint density at radius 1 is 1.26 bits per heavy atom. The van der Waals surface area contributed by atoms with Gasteiger partial charge in [-0.2, -0.15) is 11.8 Å². The topological polar surface area (TPSA) is 44.8 Å². The lowest BCUT2D eigenvalue weighted by molar-refractivity contribution is 0.0249. The molecule has 1 N–H and O–H groups in total. The number of morpholine rings is 1. The van der Waals surface area contributed by atoms with Gasteiger partial charge in [0.05, 0.1) is 13.2 Å². The lowest BCUT2D eigenvalue weighted by atomic mass is 9.97. The number of nitrogens with zero attached hydrogens (tertiary/aromatic N) is 2. The highest BCUT2D eigenvalue weighted by Gasteiger charge is 2.25. The zero-order valence-corrected chi connectivity index (χ0v) is 15.8. The van der Waals surface area contributed by atoms with Crippen molar-refractivity contribution < 1.29 is 9.53 Å². The quantitative estimate of drug-likeness (QED) is 0.778. The maximum absolute atomic E-state index is 12.3. The van der Waals surface area contributed by atoms with Crippen molar-refractivity contribution in [2.24, 2.45) is 5.92 Å². The van der Waals surface area contributed by atoms with Gasteiger partial charge in [-0.1, -0.05) is 20.8 Å². The molecule has 2 fully saturated rings. The number of amides is 2. The van der Waals surface area contributed by atoms with Crippen molar-refractivity contribution in [1.82, 2.24) is 15.1 Å². The molecule has 0 spiro atoms. The number of nitrogens with one attached hydrogen (secondary N) is 1. The Morgan fingerprint density at radius 2 is 2.00 bits per heavy atom. The third kappa shape index (κ3) is 7.31. The molecule has 0 aromatic carbocycles. The minimum absolute atomic E-state index is 0.117. The Hall–Kier alpha value is -0.460. The first-order chi connectivity index (χ1) is 10.9. The highest BCUT2D eigenvalue weighted by molar-refractivity contribution is 8.00. The lowest BCUT2D eigenvalue weighted by Gasteiger charge is -2.36. The molecule has 0 aromatic rings. The van der Waals surface area contributed by atoms with Crippen LogP contribution in [0.4, 0.5) is 4.79 Å². The van der Waals surface area contributed by atoms with Gasteiger partial charge in [-0.3, -0.25) is 4.90 Å². The number of piperidine rings is 1. The molecule has 0 saturated carbocycles. The Balaban J connectivity index is 1.66. The van der Waals surface area contributed by atoms with Gasteiger partial charge in [0.1, 0.15) is 0 Å². The standard InChI is InChI=1S/C17H33N3O2S/c1-17(2,3)23-12-6-18-16(21)20-7-4-5-15(14-20)13-19-8-10-22-11-9-19/h15H,4-14H2,1-3H3,(H,18,21)/t15-/m1/s1. The molecule has 0 bridgehead atoms. The minimum atomic E-state index is 0.117. The number of hydrogen-bond acceptors (Lipinski definition) is 4. The largest absolute Gasteiger partial charge is 0.379 e. The SMILES string of the molecule is CC(C)(C)SCCNC(=O)N1CCC[C@H](CN2CCOCC2)C1. The van der Waals surface area contributed by atoms with Gasteiger partial charge in [0, 0.05) is 49.8 Å². The van der Waals surface area contributed by atoms with Crippen LogP contribution in [0.3, 0.4) is 0 Å². The van der Waals surface area contributed by atoms with Crippen LogP contribution in [-0.4, -0.2) is 78.8 Å². The number of ether oxygens (including phenoxy) is 1. The van der Waals surface area contributed by atoms with Gasteiger partial charge in [-0.25, -0.2) is 4.79 Å². The normalized spacial score (nSPS) is 23.8. The molecule has 2 heterocycles. The second-order valence-electron chi connectivity index (χ2n) is 7.56. The number of carbonyl (C=O) groups is 1.